The number of benzene rings is 2. The lowest BCUT2D eigenvalue weighted by Gasteiger charge is -2.21. The molecule has 0 radical (unpaired) electrons. The summed E-state index contributed by atoms with van der Waals surface area (Å²) < 4.78 is 16.4. The maximum absolute atomic E-state index is 12.9. The Morgan fingerprint density at radius 3 is 2.55 bits per heavy atom. The van der Waals surface area contributed by atoms with Crippen molar-refractivity contribution in [2.45, 2.75) is 26.4 Å². The van der Waals surface area contributed by atoms with E-state index in [0.29, 0.717) is 28.6 Å². The third kappa shape index (κ3) is 4.62. The van der Waals surface area contributed by atoms with Gasteiger partial charge >= 0.3 is 0 Å². The molecule has 0 saturated carbocycles. The first kappa shape index (κ1) is 20.5. The van der Waals surface area contributed by atoms with Crippen LogP contribution in [0.4, 0.5) is 11.4 Å². The molecule has 0 spiro atoms. The van der Waals surface area contributed by atoms with Crippen molar-refractivity contribution in [1.82, 2.24) is 0 Å². The quantitative estimate of drug-likeness (QED) is 0.773. The normalized spacial score (nSPS) is 16.1. The molecule has 1 atom stereocenters. The third-order valence-corrected chi connectivity index (χ3v) is 4.68. The number of nitrogens with one attached hydrogen (secondary N) is 1. The number of ether oxygens (including phenoxy) is 3. The molecule has 2 aromatic carbocycles. The molecule has 0 aliphatic carbocycles. The summed E-state index contributed by atoms with van der Waals surface area (Å²) in [5, 5.41) is 2.86. The van der Waals surface area contributed by atoms with E-state index >= 15 is 0 Å². The molecule has 29 heavy (non-hydrogen) atoms. The maximum Gasteiger partial charge on any atom is 0.229 e. The number of anilines is 2. The van der Waals surface area contributed by atoms with Crippen LogP contribution in [0.1, 0.15) is 20.3 Å². The molecule has 1 fully saturated rings. The molecule has 1 heterocycles. The van der Waals surface area contributed by atoms with Crippen molar-refractivity contribution in [2.75, 3.05) is 31.0 Å². The minimum absolute atomic E-state index is 0.0199. The Balaban J connectivity index is 1.77. The smallest absolute Gasteiger partial charge is 0.229 e. The van der Waals surface area contributed by atoms with Gasteiger partial charge in [0.25, 0.3) is 0 Å². The van der Waals surface area contributed by atoms with Crippen molar-refractivity contribution in [2.24, 2.45) is 5.92 Å². The number of nitrogens with zero attached hydrogens (tertiary/aromatic N) is 1. The van der Waals surface area contributed by atoms with Crippen molar-refractivity contribution >= 4 is 23.2 Å². The van der Waals surface area contributed by atoms with Crippen LogP contribution in [-0.2, 0) is 9.59 Å². The molecule has 7 nitrogen and oxygen atoms in total. The van der Waals surface area contributed by atoms with Gasteiger partial charge in [0, 0.05) is 19.0 Å². The van der Waals surface area contributed by atoms with Gasteiger partial charge in [0.15, 0.2) is 0 Å². The third-order valence-electron chi connectivity index (χ3n) is 4.68. The summed E-state index contributed by atoms with van der Waals surface area (Å²) in [5.41, 5.74) is 1.19. The molecule has 1 unspecified atom stereocenters. The second-order valence-electron chi connectivity index (χ2n) is 7.10. The number of carbonyl (C=O) groups excluding carboxylic acids is 2. The van der Waals surface area contributed by atoms with Crippen molar-refractivity contribution in [1.29, 1.82) is 0 Å². The molecule has 1 aliphatic heterocycles. The summed E-state index contributed by atoms with van der Waals surface area (Å²) in [6.45, 7) is 4.15. The predicted molar refractivity (Wildman–Crippen MR) is 111 cm³/mol. The summed E-state index contributed by atoms with van der Waals surface area (Å²) in [6, 6.07) is 12.5. The zero-order valence-electron chi connectivity index (χ0n) is 17.1. The molecule has 1 saturated heterocycles. The van der Waals surface area contributed by atoms with E-state index in [1.54, 1.807) is 30.2 Å². The van der Waals surface area contributed by atoms with Gasteiger partial charge in [0.1, 0.15) is 17.2 Å². The van der Waals surface area contributed by atoms with Crippen LogP contribution in [-0.4, -0.2) is 38.7 Å². The number of para-hydroxylation sites is 2. The molecule has 2 amide bonds. The minimum atomic E-state index is -0.481. The fourth-order valence-corrected chi connectivity index (χ4v) is 3.30. The number of methoxy groups -OCH3 is 2. The molecule has 154 valence electrons. The molecule has 1 N–H and O–H groups in total. The average molecular weight is 398 g/mol. The fourth-order valence-electron chi connectivity index (χ4n) is 3.30. The Hall–Kier alpha value is -3.22. The summed E-state index contributed by atoms with van der Waals surface area (Å²) >= 11 is 0. The van der Waals surface area contributed by atoms with Gasteiger partial charge in [-0.05, 0) is 38.1 Å². The number of hydrogen-bond donors (Lipinski definition) is 1. The molecule has 7 heteroatoms. The van der Waals surface area contributed by atoms with Crippen LogP contribution in [0.3, 0.4) is 0 Å². The Morgan fingerprint density at radius 1 is 1.10 bits per heavy atom. The van der Waals surface area contributed by atoms with Gasteiger partial charge in [-0.15, -0.1) is 0 Å². The van der Waals surface area contributed by atoms with E-state index in [1.165, 1.54) is 7.11 Å². The minimum Gasteiger partial charge on any atom is -0.497 e. The van der Waals surface area contributed by atoms with Crippen molar-refractivity contribution in [3.05, 3.63) is 42.5 Å². The second kappa shape index (κ2) is 8.86. The van der Waals surface area contributed by atoms with Crippen LogP contribution in [0.15, 0.2) is 42.5 Å². The Labute approximate surface area is 170 Å². The first-order chi connectivity index (χ1) is 13.9. The van der Waals surface area contributed by atoms with Gasteiger partial charge in [0.2, 0.25) is 11.8 Å². The van der Waals surface area contributed by atoms with Crippen molar-refractivity contribution in [3.8, 4) is 17.2 Å². The fraction of sp³-hybridized carbons (Fsp3) is 0.364. The van der Waals surface area contributed by atoms with E-state index in [9.17, 15) is 9.59 Å². The van der Waals surface area contributed by atoms with Crippen LogP contribution in [0.2, 0.25) is 0 Å². The van der Waals surface area contributed by atoms with E-state index < -0.39 is 5.92 Å². The summed E-state index contributed by atoms with van der Waals surface area (Å²) in [4.78, 5) is 27.1. The lowest BCUT2D eigenvalue weighted by atomic mass is 10.1. The highest BCUT2D eigenvalue weighted by Gasteiger charge is 2.36. The molecule has 2 aromatic rings. The van der Waals surface area contributed by atoms with Gasteiger partial charge < -0.3 is 24.4 Å². The summed E-state index contributed by atoms with van der Waals surface area (Å²) in [7, 11) is 3.08. The molecular formula is C22H26N2O5. The SMILES string of the molecule is COc1ccc(OC)c(NC(=O)C2CC(=O)N(c3ccccc3OC(C)C)C2)c1. The van der Waals surface area contributed by atoms with E-state index in [4.69, 9.17) is 14.2 Å². The van der Waals surface area contributed by atoms with Gasteiger partial charge in [-0.3, -0.25) is 9.59 Å². The largest absolute Gasteiger partial charge is 0.497 e. The van der Waals surface area contributed by atoms with Crippen LogP contribution < -0.4 is 24.4 Å². The Kier molecular flexibility index (Phi) is 6.26. The van der Waals surface area contributed by atoms with Gasteiger partial charge in [-0.1, -0.05) is 12.1 Å². The number of rotatable bonds is 7. The van der Waals surface area contributed by atoms with Gasteiger partial charge in [-0.25, -0.2) is 0 Å². The Morgan fingerprint density at radius 2 is 1.86 bits per heavy atom. The van der Waals surface area contributed by atoms with E-state index in [0.717, 1.165) is 0 Å². The molecule has 3 rings (SSSR count). The van der Waals surface area contributed by atoms with Crippen LogP contribution in [0.25, 0.3) is 0 Å². The number of hydrogen-bond acceptors (Lipinski definition) is 5. The lowest BCUT2D eigenvalue weighted by Crippen LogP contribution is -2.28. The zero-order chi connectivity index (χ0) is 21.0. The van der Waals surface area contributed by atoms with Gasteiger partial charge in [0.05, 0.1) is 37.6 Å². The molecular weight excluding hydrogens is 372 g/mol. The van der Waals surface area contributed by atoms with E-state index in [-0.39, 0.29) is 30.9 Å². The average Bonchev–Trinajstić information content (AvgIpc) is 3.09. The number of amides is 2. The highest BCUT2D eigenvalue weighted by molar-refractivity contribution is 6.04. The highest BCUT2D eigenvalue weighted by Crippen LogP contribution is 2.35. The first-order valence-corrected chi connectivity index (χ1v) is 9.52. The summed E-state index contributed by atoms with van der Waals surface area (Å²) in [5.74, 6) is 0.926. The summed E-state index contributed by atoms with van der Waals surface area (Å²) in [6.07, 6.45) is 0.113. The standard InChI is InChI=1S/C22H26N2O5/c1-14(2)29-20-8-6-5-7-18(20)24-13-15(11-21(24)25)22(26)23-17-12-16(27-3)9-10-19(17)28-4/h5-10,12,14-15H,11,13H2,1-4H3,(H,23,26). The molecule has 0 bridgehead atoms. The topological polar surface area (TPSA) is 77.1 Å². The van der Waals surface area contributed by atoms with Crippen LogP contribution >= 0.6 is 0 Å². The molecule has 1 aliphatic rings. The zero-order valence-corrected chi connectivity index (χ0v) is 17.1. The maximum atomic E-state index is 12.9. The van der Waals surface area contributed by atoms with Crippen molar-refractivity contribution in [3.63, 3.8) is 0 Å². The number of carbonyl (C=O) groups is 2. The van der Waals surface area contributed by atoms with E-state index in [1.807, 2.05) is 38.1 Å². The van der Waals surface area contributed by atoms with Crippen LogP contribution in [0, 0.1) is 5.92 Å². The monoisotopic (exact) mass is 398 g/mol. The lowest BCUT2D eigenvalue weighted by molar-refractivity contribution is -0.122. The predicted octanol–water partition coefficient (Wildman–Crippen LogP) is 3.48. The second-order valence-corrected chi connectivity index (χ2v) is 7.10. The first-order valence-electron chi connectivity index (χ1n) is 9.52. The van der Waals surface area contributed by atoms with Crippen LogP contribution in [0.5, 0.6) is 17.2 Å². The van der Waals surface area contributed by atoms with Crippen molar-refractivity contribution < 1.29 is 23.8 Å². The van der Waals surface area contributed by atoms with Gasteiger partial charge in [-0.2, -0.15) is 0 Å². The highest BCUT2D eigenvalue weighted by atomic mass is 16.5. The van der Waals surface area contributed by atoms with E-state index in [2.05, 4.69) is 5.32 Å². The Bertz CT molecular complexity index is 897. The molecule has 0 aromatic heterocycles.